The quantitative estimate of drug-likeness (QED) is 0.663. The minimum absolute atomic E-state index is 0.323. The number of carboxylic acid groups (broad SMARTS) is 1. The maximum absolute atomic E-state index is 11.4. The zero-order valence-electron chi connectivity index (χ0n) is 9.92. The fraction of sp³-hybridized carbons (Fsp3) is 0.800. The molecule has 2 atom stereocenters. The molecule has 0 heterocycles. The van der Waals surface area contributed by atoms with Crippen LogP contribution in [0, 0.1) is 5.92 Å². The molecule has 0 radical (unpaired) electrons. The number of hydrogen-bond acceptors (Lipinski definition) is 2. The van der Waals surface area contributed by atoms with E-state index in [2.05, 4.69) is 10.6 Å². The molecule has 0 aliphatic rings. The highest BCUT2D eigenvalue weighted by molar-refractivity contribution is 5.76. The summed E-state index contributed by atoms with van der Waals surface area (Å²) in [6, 6.07) is -0.743. The number of carbonyl (C=O) groups excluding carboxylic acids is 1. The van der Waals surface area contributed by atoms with Gasteiger partial charge in [0, 0.05) is 11.6 Å². The van der Waals surface area contributed by atoms with E-state index in [1.54, 1.807) is 13.8 Å². The van der Waals surface area contributed by atoms with Gasteiger partial charge in [0.15, 0.2) is 0 Å². The van der Waals surface area contributed by atoms with Gasteiger partial charge in [0.2, 0.25) is 0 Å². The molecule has 3 N–H and O–H groups in total. The summed E-state index contributed by atoms with van der Waals surface area (Å²) in [6.07, 6.45) is 0. The molecule has 2 unspecified atom stereocenters. The molecule has 0 aromatic heterocycles. The first kappa shape index (κ1) is 13.7. The SMILES string of the molecule is CC(NC(=O)NC(C)(C)C)C(C)C(=O)O. The Kier molecular flexibility index (Phi) is 4.58. The maximum atomic E-state index is 11.4. The molecular weight excluding hydrogens is 196 g/mol. The first-order valence-electron chi connectivity index (χ1n) is 4.95. The summed E-state index contributed by atoms with van der Waals surface area (Å²) in [7, 11) is 0. The van der Waals surface area contributed by atoms with E-state index >= 15 is 0 Å². The minimum atomic E-state index is -0.918. The van der Waals surface area contributed by atoms with Crippen LogP contribution in [0.3, 0.4) is 0 Å². The van der Waals surface area contributed by atoms with Gasteiger partial charge in [-0.25, -0.2) is 4.79 Å². The van der Waals surface area contributed by atoms with E-state index < -0.39 is 17.9 Å². The van der Waals surface area contributed by atoms with Crippen molar-refractivity contribution in [2.75, 3.05) is 0 Å². The van der Waals surface area contributed by atoms with Crippen molar-refractivity contribution < 1.29 is 14.7 Å². The maximum Gasteiger partial charge on any atom is 0.315 e. The number of carbonyl (C=O) groups is 2. The average Bonchev–Trinajstić information content (AvgIpc) is 1.98. The molecule has 0 aromatic rings. The number of aliphatic carboxylic acids is 1. The lowest BCUT2D eigenvalue weighted by molar-refractivity contribution is -0.141. The predicted molar refractivity (Wildman–Crippen MR) is 57.7 cm³/mol. The van der Waals surface area contributed by atoms with Crippen LogP contribution in [-0.2, 0) is 4.79 Å². The van der Waals surface area contributed by atoms with Gasteiger partial charge >= 0.3 is 12.0 Å². The van der Waals surface area contributed by atoms with Crippen LogP contribution in [0.5, 0.6) is 0 Å². The van der Waals surface area contributed by atoms with Crippen LogP contribution < -0.4 is 10.6 Å². The molecule has 5 nitrogen and oxygen atoms in total. The molecule has 0 aliphatic carbocycles. The molecule has 88 valence electrons. The second-order valence-corrected chi connectivity index (χ2v) is 4.76. The van der Waals surface area contributed by atoms with E-state index in [9.17, 15) is 9.59 Å². The minimum Gasteiger partial charge on any atom is -0.481 e. The first-order valence-corrected chi connectivity index (χ1v) is 4.95. The van der Waals surface area contributed by atoms with Crippen molar-refractivity contribution in [1.82, 2.24) is 10.6 Å². The van der Waals surface area contributed by atoms with Gasteiger partial charge in [-0.1, -0.05) is 0 Å². The molecule has 0 bridgehead atoms. The normalized spacial score (nSPS) is 15.3. The van der Waals surface area contributed by atoms with Crippen molar-refractivity contribution in [3.8, 4) is 0 Å². The van der Waals surface area contributed by atoms with Crippen molar-refractivity contribution in [3.63, 3.8) is 0 Å². The van der Waals surface area contributed by atoms with E-state index in [0.29, 0.717) is 0 Å². The lowest BCUT2D eigenvalue weighted by Crippen LogP contribution is -2.51. The highest BCUT2D eigenvalue weighted by atomic mass is 16.4. The zero-order valence-corrected chi connectivity index (χ0v) is 9.92. The van der Waals surface area contributed by atoms with Gasteiger partial charge in [-0.3, -0.25) is 4.79 Å². The molecule has 0 aliphatic heterocycles. The molecule has 2 amide bonds. The Hall–Kier alpha value is -1.26. The van der Waals surface area contributed by atoms with Gasteiger partial charge in [0.05, 0.1) is 5.92 Å². The van der Waals surface area contributed by atoms with Gasteiger partial charge in [-0.2, -0.15) is 0 Å². The van der Waals surface area contributed by atoms with Crippen LogP contribution in [0.4, 0.5) is 4.79 Å². The van der Waals surface area contributed by atoms with E-state index in [1.165, 1.54) is 0 Å². The van der Waals surface area contributed by atoms with Crippen molar-refractivity contribution in [3.05, 3.63) is 0 Å². The number of hydrogen-bond donors (Lipinski definition) is 3. The second-order valence-electron chi connectivity index (χ2n) is 4.76. The Morgan fingerprint density at radius 3 is 2.00 bits per heavy atom. The van der Waals surface area contributed by atoms with Crippen LogP contribution in [0.2, 0.25) is 0 Å². The summed E-state index contributed by atoms with van der Waals surface area (Å²) < 4.78 is 0. The first-order chi connectivity index (χ1) is 6.63. The largest absolute Gasteiger partial charge is 0.481 e. The van der Waals surface area contributed by atoms with Crippen LogP contribution >= 0.6 is 0 Å². The molecule has 0 rings (SSSR count). The fourth-order valence-corrected chi connectivity index (χ4v) is 0.922. The molecule has 0 fully saturated rings. The standard InChI is InChI=1S/C10H20N2O3/c1-6(8(13)14)7(2)11-9(15)12-10(3,4)5/h6-7H,1-5H3,(H,13,14)(H2,11,12,15). The third kappa shape index (κ3) is 5.93. The lowest BCUT2D eigenvalue weighted by Gasteiger charge is -2.24. The van der Waals surface area contributed by atoms with E-state index in [4.69, 9.17) is 5.11 Å². The molecular formula is C10H20N2O3. The number of urea groups is 1. The van der Waals surface area contributed by atoms with Crippen molar-refractivity contribution in [2.45, 2.75) is 46.2 Å². The third-order valence-corrected chi connectivity index (χ3v) is 1.99. The van der Waals surface area contributed by atoms with Crippen LogP contribution in [0.25, 0.3) is 0 Å². The van der Waals surface area contributed by atoms with Gasteiger partial charge in [0.25, 0.3) is 0 Å². The second kappa shape index (κ2) is 5.00. The predicted octanol–water partition coefficient (Wildman–Crippen LogP) is 1.19. The van der Waals surface area contributed by atoms with Crippen LogP contribution in [0.1, 0.15) is 34.6 Å². The van der Waals surface area contributed by atoms with E-state index in [-0.39, 0.29) is 11.6 Å². The molecule has 0 saturated carbocycles. The molecule has 0 spiro atoms. The monoisotopic (exact) mass is 216 g/mol. The Morgan fingerprint density at radius 2 is 1.67 bits per heavy atom. The Morgan fingerprint density at radius 1 is 1.20 bits per heavy atom. The number of amides is 2. The number of nitrogens with one attached hydrogen (secondary N) is 2. The molecule has 5 heteroatoms. The number of carboxylic acids is 1. The van der Waals surface area contributed by atoms with E-state index in [0.717, 1.165) is 0 Å². The summed E-state index contributed by atoms with van der Waals surface area (Å²) in [5.41, 5.74) is -0.323. The Labute approximate surface area is 90.2 Å². The number of rotatable bonds is 3. The smallest absolute Gasteiger partial charge is 0.315 e. The summed E-state index contributed by atoms with van der Waals surface area (Å²) >= 11 is 0. The highest BCUT2D eigenvalue weighted by Crippen LogP contribution is 2.03. The molecule has 0 aromatic carbocycles. The molecule has 15 heavy (non-hydrogen) atoms. The summed E-state index contributed by atoms with van der Waals surface area (Å²) in [5, 5.41) is 14.0. The van der Waals surface area contributed by atoms with Crippen LogP contribution in [-0.4, -0.2) is 28.7 Å². The van der Waals surface area contributed by atoms with Crippen molar-refractivity contribution in [2.24, 2.45) is 5.92 Å². The van der Waals surface area contributed by atoms with Crippen LogP contribution in [0.15, 0.2) is 0 Å². The summed E-state index contributed by atoms with van der Waals surface area (Å²) in [5.74, 6) is -1.52. The van der Waals surface area contributed by atoms with Crippen molar-refractivity contribution >= 4 is 12.0 Å². The summed E-state index contributed by atoms with van der Waals surface area (Å²) in [6.45, 7) is 8.80. The van der Waals surface area contributed by atoms with Gasteiger partial charge in [0.1, 0.15) is 0 Å². The summed E-state index contributed by atoms with van der Waals surface area (Å²) in [4.78, 5) is 22.0. The lowest BCUT2D eigenvalue weighted by atomic mass is 10.0. The Balaban J connectivity index is 4.13. The molecule has 0 saturated heterocycles. The van der Waals surface area contributed by atoms with E-state index in [1.807, 2.05) is 20.8 Å². The topological polar surface area (TPSA) is 78.4 Å². The van der Waals surface area contributed by atoms with Crippen molar-refractivity contribution in [1.29, 1.82) is 0 Å². The average molecular weight is 216 g/mol. The van der Waals surface area contributed by atoms with Gasteiger partial charge in [-0.05, 0) is 34.6 Å². The van der Waals surface area contributed by atoms with Gasteiger partial charge < -0.3 is 15.7 Å². The third-order valence-electron chi connectivity index (χ3n) is 1.99. The zero-order chi connectivity index (χ0) is 12.2. The van der Waals surface area contributed by atoms with Gasteiger partial charge in [-0.15, -0.1) is 0 Å². The highest BCUT2D eigenvalue weighted by Gasteiger charge is 2.22. The fourth-order valence-electron chi connectivity index (χ4n) is 0.922. The Bertz CT molecular complexity index is 246.